The smallest absolute Gasteiger partial charge is 0.136 e. The lowest BCUT2D eigenvalue weighted by atomic mass is 9.91. The van der Waals surface area contributed by atoms with Crippen molar-refractivity contribution in [2.24, 2.45) is 0 Å². The average Bonchev–Trinajstić information content (AvgIpc) is 3.66. The zero-order valence-corrected chi connectivity index (χ0v) is 23.7. The van der Waals surface area contributed by atoms with E-state index in [0.717, 1.165) is 49.4 Å². The molecular weight excluding hydrogens is 536 g/mol. The fourth-order valence-corrected chi connectivity index (χ4v) is 7.23. The summed E-state index contributed by atoms with van der Waals surface area (Å²) in [6.07, 6.45) is 0. The molecule has 2 heterocycles. The Balaban J connectivity index is 1.16. The Morgan fingerprint density at radius 3 is 1.34 bits per heavy atom. The highest BCUT2D eigenvalue weighted by molar-refractivity contribution is 6.27. The molecule has 0 N–H and O–H groups in total. The van der Waals surface area contributed by atoms with Gasteiger partial charge in [-0.2, -0.15) is 0 Å². The van der Waals surface area contributed by atoms with Crippen molar-refractivity contribution in [3.05, 3.63) is 146 Å². The average molecular weight is 561 g/mol. The van der Waals surface area contributed by atoms with Gasteiger partial charge < -0.3 is 8.83 Å². The van der Waals surface area contributed by atoms with Gasteiger partial charge in [-0.3, -0.25) is 0 Å². The highest BCUT2D eigenvalue weighted by Gasteiger charge is 2.17. The van der Waals surface area contributed by atoms with Crippen LogP contribution in [0.3, 0.4) is 0 Å². The van der Waals surface area contributed by atoms with Gasteiger partial charge in [-0.1, -0.05) is 103 Å². The Morgan fingerprint density at radius 1 is 0.250 bits per heavy atom. The van der Waals surface area contributed by atoms with Gasteiger partial charge in [0.1, 0.15) is 22.3 Å². The largest absolute Gasteiger partial charge is 0.456 e. The number of fused-ring (bicyclic) bond motifs is 13. The predicted molar refractivity (Wildman–Crippen MR) is 184 cm³/mol. The SMILES string of the molecule is c1cc(-c2ccc3c4ccccc4c4ccccc4c3c2)cc(-c2ccc3oc4ccc5oc6ccccc6c5c4c3c2)c1. The predicted octanol–water partition coefficient (Wildman–Crippen LogP) is 12.3. The molecule has 0 amide bonds. The highest BCUT2D eigenvalue weighted by atomic mass is 16.3. The molecule has 2 aromatic heterocycles. The second-order valence-corrected chi connectivity index (χ2v) is 11.7. The minimum absolute atomic E-state index is 0.876. The maximum absolute atomic E-state index is 6.33. The van der Waals surface area contributed by atoms with E-state index >= 15 is 0 Å². The third-order valence-electron chi connectivity index (χ3n) is 9.25. The molecule has 0 fully saturated rings. The second kappa shape index (κ2) is 8.82. The molecule has 0 aliphatic carbocycles. The van der Waals surface area contributed by atoms with E-state index in [1.54, 1.807) is 0 Å². The Labute approximate surface area is 252 Å². The summed E-state index contributed by atoms with van der Waals surface area (Å²) in [7, 11) is 0. The quantitative estimate of drug-likeness (QED) is 0.197. The lowest BCUT2D eigenvalue weighted by Gasteiger charge is -2.12. The number of hydrogen-bond donors (Lipinski definition) is 0. The van der Waals surface area contributed by atoms with Crippen LogP contribution in [0.15, 0.2) is 154 Å². The van der Waals surface area contributed by atoms with Gasteiger partial charge in [0.15, 0.2) is 0 Å². The minimum atomic E-state index is 0.876. The van der Waals surface area contributed by atoms with E-state index in [2.05, 4.69) is 121 Å². The number of furan rings is 2. The van der Waals surface area contributed by atoms with Crippen molar-refractivity contribution in [2.45, 2.75) is 0 Å². The van der Waals surface area contributed by atoms with Gasteiger partial charge in [0, 0.05) is 21.5 Å². The summed E-state index contributed by atoms with van der Waals surface area (Å²) >= 11 is 0. The molecule has 0 saturated heterocycles. The van der Waals surface area contributed by atoms with Crippen LogP contribution in [0.2, 0.25) is 0 Å². The maximum atomic E-state index is 6.33. The Hall–Kier alpha value is -5.86. The van der Waals surface area contributed by atoms with Crippen molar-refractivity contribution < 1.29 is 8.83 Å². The number of para-hydroxylation sites is 1. The molecule has 204 valence electrons. The van der Waals surface area contributed by atoms with Crippen LogP contribution in [-0.4, -0.2) is 0 Å². The van der Waals surface area contributed by atoms with Crippen LogP contribution < -0.4 is 0 Å². The normalized spacial score (nSPS) is 12.1. The molecule has 0 saturated carbocycles. The third kappa shape index (κ3) is 3.31. The molecular formula is C42H24O2. The first-order valence-electron chi connectivity index (χ1n) is 15.0. The summed E-state index contributed by atoms with van der Waals surface area (Å²) in [4.78, 5) is 0. The van der Waals surface area contributed by atoms with Crippen LogP contribution >= 0.6 is 0 Å². The zero-order chi connectivity index (χ0) is 28.8. The lowest BCUT2D eigenvalue weighted by Crippen LogP contribution is -1.85. The van der Waals surface area contributed by atoms with E-state index < -0.39 is 0 Å². The van der Waals surface area contributed by atoms with Gasteiger partial charge in [0.05, 0.1) is 0 Å². The monoisotopic (exact) mass is 560 g/mol. The molecule has 0 aliphatic heterocycles. The summed E-state index contributed by atoms with van der Waals surface area (Å²) in [5, 5.41) is 12.2. The lowest BCUT2D eigenvalue weighted by molar-refractivity contribution is 0.663. The van der Waals surface area contributed by atoms with E-state index in [0.29, 0.717) is 0 Å². The van der Waals surface area contributed by atoms with Gasteiger partial charge in [-0.25, -0.2) is 0 Å². The van der Waals surface area contributed by atoms with E-state index in [1.165, 1.54) is 49.0 Å². The minimum Gasteiger partial charge on any atom is -0.456 e. The Bertz CT molecular complexity index is 2740. The van der Waals surface area contributed by atoms with Crippen molar-refractivity contribution in [3.63, 3.8) is 0 Å². The second-order valence-electron chi connectivity index (χ2n) is 11.7. The van der Waals surface area contributed by atoms with Crippen molar-refractivity contribution >= 4 is 76.2 Å². The van der Waals surface area contributed by atoms with Gasteiger partial charge in [-0.05, 0) is 97.0 Å². The number of rotatable bonds is 2. The fraction of sp³-hybridized carbons (Fsp3) is 0. The summed E-state index contributed by atoms with van der Waals surface area (Å²) in [5.41, 5.74) is 8.26. The first-order chi connectivity index (χ1) is 21.8. The topological polar surface area (TPSA) is 26.3 Å². The molecule has 2 nitrogen and oxygen atoms in total. The van der Waals surface area contributed by atoms with Crippen molar-refractivity contribution in [1.29, 1.82) is 0 Å². The standard InChI is InChI=1S/C42H24O2/c1-2-12-31-29(10-1)30-11-3-4-13-32(30)35-23-27(16-18-33(31)35)25-8-7-9-26(22-25)28-17-19-38-36(24-28)42-40(44-38)21-20-39-41(42)34-14-5-6-15-37(34)43-39/h1-24H. The summed E-state index contributed by atoms with van der Waals surface area (Å²) in [5.74, 6) is 0. The van der Waals surface area contributed by atoms with Crippen LogP contribution in [0.25, 0.3) is 98.4 Å². The Morgan fingerprint density at radius 2 is 0.682 bits per heavy atom. The zero-order valence-electron chi connectivity index (χ0n) is 23.7. The van der Waals surface area contributed by atoms with Gasteiger partial charge in [0.2, 0.25) is 0 Å². The summed E-state index contributed by atoms with van der Waals surface area (Å²) < 4.78 is 12.5. The van der Waals surface area contributed by atoms with E-state index in [-0.39, 0.29) is 0 Å². The first kappa shape index (κ1) is 23.7. The van der Waals surface area contributed by atoms with Crippen molar-refractivity contribution in [1.82, 2.24) is 0 Å². The van der Waals surface area contributed by atoms with Crippen molar-refractivity contribution in [3.8, 4) is 22.3 Å². The van der Waals surface area contributed by atoms with Crippen LogP contribution in [0.4, 0.5) is 0 Å². The molecule has 0 atom stereocenters. The first-order valence-corrected chi connectivity index (χ1v) is 15.0. The number of benzene rings is 8. The summed E-state index contributed by atoms with van der Waals surface area (Å²) in [6.45, 7) is 0. The molecule has 0 aliphatic rings. The van der Waals surface area contributed by atoms with Crippen LogP contribution in [0, 0.1) is 0 Å². The molecule has 0 bridgehead atoms. The molecule has 0 radical (unpaired) electrons. The third-order valence-corrected chi connectivity index (χ3v) is 9.25. The molecule has 44 heavy (non-hydrogen) atoms. The molecule has 10 rings (SSSR count). The van der Waals surface area contributed by atoms with Gasteiger partial charge >= 0.3 is 0 Å². The van der Waals surface area contributed by atoms with E-state index in [4.69, 9.17) is 8.83 Å². The van der Waals surface area contributed by atoms with Gasteiger partial charge in [-0.15, -0.1) is 0 Å². The molecule has 0 spiro atoms. The maximum Gasteiger partial charge on any atom is 0.136 e. The van der Waals surface area contributed by atoms with Crippen molar-refractivity contribution in [2.75, 3.05) is 0 Å². The fourth-order valence-electron chi connectivity index (χ4n) is 7.23. The molecule has 2 heteroatoms. The van der Waals surface area contributed by atoms with Crippen LogP contribution in [0.1, 0.15) is 0 Å². The van der Waals surface area contributed by atoms with E-state index in [1.807, 2.05) is 24.3 Å². The molecule has 0 unspecified atom stereocenters. The molecule has 10 aromatic rings. The molecule has 8 aromatic carbocycles. The highest BCUT2D eigenvalue weighted by Crippen LogP contribution is 2.42. The van der Waals surface area contributed by atoms with Gasteiger partial charge in [0.25, 0.3) is 0 Å². The summed E-state index contributed by atoms with van der Waals surface area (Å²) in [6, 6.07) is 52.0. The van der Waals surface area contributed by atoms with Crippen LogP contribution in [0.5, 0.6) is 0 Å². The van der Waals surface area contributed by atoms with Crippen LogP contribution in [-0.2, 0) is 0 Å². The van der Waals surface area contributed by atoms with E-state index in [9.17, 15) is 0 Å². The number of hydrogen-bond acceptors (Lipinski definition) is 2. The Kier molecular flexibility index (Phi) is 4.75.